The molecule has 20 heavy (non-hydrogen) atoms. The average molecular weight is 283 g/mol. The van der Waals surface area contributed by atoms with E-state index in [4.69, 9.17) is 5.11 Å². The summed E-state index contributed by atoms with van der Waals surface area (Å²) in [5.41, 5.74) is 0.888. The number of likely N-dealkylation sites (tertiary alicyclic amines) is 1. The van der Waals surface area contributed by atoms with Crippen LogP contribution in [0.25, 0.3) is 0 Å². The zero-order chi connectivity index (χ0) is 14.7. The fourth-order valence-electron chi connectivity index (χ4n) is 2.74. The van der Waals surface area contributed by atoms with Gasteiger partial charge in [0.05, 0.1) is 5.92 Å². The van der Waals surface area contributed by atoms with Crippen LogP contribution in [0.1, 0.15) is 37.3 Å². The van der Waals surface area contributed by atoms with E-state index in [1.807, 2.05) is 13.0 Å². The minimum absolute atomic E-state index is 0.0376. The van der Waals surface area contributed by atoms with Crippen molar-refractivity contribution in [3.63, 3.8) is 0 Å². The van der Waals surface area contributed by atoms with Gasteiger partial charge in [0.25, 0.3) is 6.43 Å². The lowest BCUT2D eigenvalue weighted by atomic mass is 9.91. The molecule has 2 rings (SSSR count). The summed E-state index contributed by atoms with van der Waals surface area (Å²) in [5, 5.41) is 9.03. The highest BCUT2D eigenvalue weighted by Crippen LogP contribution is 2.26. The summed E-state index contributed by atoms with van der Waals surface area (Å²) < 4.78 is 25.3. The van der Waals surface area contributed by atoms with Gasteiger partial charge in [0.15, 0.2) is 0 Å². The van der Waals surface area contributed by atoms with E-state index in [1.165, 1.54) is 12.1 Å². The van der Waals surface area contributed by atoms with E-state index in [0.29, 0.717) is 25.9 Å². The molecule has 0 bridgehead atoms. The van der Waals surface area contributed by atoms with Crippen LogP contribution >= 0.6 is 0 Å². The Morgan fingerprint density at radius 1 is 1.50 bits per heavy atom. The Balaban J connectivity index is 2.00. The predicted octanol–water partition coefficient (Wildman–Crippen LogP) is 3.31. The fraction of sp³-hybridized carbons (Fsp3) is 0.533. The number of alkyl halides is 2. The third-order valence-electron chi connectivity index (χ3n) is 3.95. The number of carboxylic acid groups (broad SMARTS) is 1. The van der Waals surface area contributed by atoms with Gasteiger partial charge in [-0.25, -0.2) is 8.78 Å². The molecule has 2 atom stereocenters. The SMILES string of the molecule is CC1CC(C(=O)O)CCN1Cc1cccc(C(F)F)c1. The Morgan fingerprint density at radius 3 is 2.85 bits per heavy atom. The van der Waals surface area contributed by atoms with Crippen LogP contribution in [-0.4, -0.2) is 28.6 Å². The maximum atomic E-state index is 12.7. The van der Waals surface area contributed by atoms with Gasteiger partial charge in [0.2, 0.25) is 0 Å². The number of rotatable bonds is 4. The molecule has 1 heterocycles. The van der Waals surface area contributed by atoms with Crippen LogP contribution in [0.5, 0.6) is 0 Å². The van der Waals surface area contributed by atoms with E-state index >= 15 is 0 Å². The molecule has 1 saturated heterocycles. The van der Waals surface area contributed by atoms with E-state index in [-0.39, 0.29) is 17.5 Å². The molecular formula is C15H19F2NO2. The van der Waals surface area contributed by atoms with Crippen LogP contribution in [0.15, 0.2) is 24.3 Å². The summed E-state index contributed by atoms with van der Waals surface area (Å²) in [6.07, 6.45) is -1.22. The van der Waals surface area contributed by atoms with E-state index < -0.39 is 12.4 Å². The second-order valence-electron chi connectivity index (χ2n) is 5.42. The molecule has 1 aromatic rings. The van der Waals surface area contributed by atoms with Gasteiger partial charge in [0, 0.05) is 18.2 Å². The zero-order valence-electron chi connectivity index (χ0n) is 11.4. The van der Waals surface area contributed by atoms with Gasteiger partial charge < -0.3 is 5.11 Å². The standard InChI is InChI=1S/C15H19F2NO2/c1-10-7-13(15(19)20)5-6-18(10)9-11-3-2-4-12(8-11)14(16)17/h2-4,8,10,13-14H,5-7,9H2,1H3,(H,19,20). The first kappa shape index (κ1) is 14.9. The number of hydrogen-bond donors (Lipinski definition) is 1. The predicted molar refractivity (Wildman–Crippen MR) is 71.6 cm³/mol. The third kappa shape index (κ3) is 3.54. The van der Waals surface area contributed by atoms with Crippen molar-refractivity contribution in [1.82, 2.24) is 4.90 Å². The van der Waals surface area contributed by atoms with Gasteiger partial charge in [-0.2, -0.15) is 0 Å². The second-order valence-corrected chi connectivity index (χ2v) is 5.42. The molecule has 0 radical (unpaired) electrons. The van der Waals surface area contributed by atoms with Crippen molar-refractivity contribution in [3.05, 3.63) is 35.4 Å². The van der Waals surface area contributed by atoms with Gasteiger partial charge in [-0.05, 0) is 37.9 Å². The normalized spacial score (nSPS) is 24.0. The lowest BCUT2D eigenvalue weighted by Gasteiger charge is -2.36. The first-order valence-corrected chi connectivity index (χ1v) is 6.81. The van der Waals surface area contributed by atoms with Crippen molar-refractivity contribution in [2.75, 3.05) is 6.54 Å². The number of benzene rings is 1. The lowest BCUT2D eigenvalue weighted by molar-refractivity contribution is -0.144. The summed E-state index contributed by atoms with van der Waals surface area (Å²) in [7, 11) is 0. The van der Waals surface area contributed by atoms with Gasteiger partial charge >= 0.3 is 5.97 Å². The van der Waals surface area contributed by atoms with Crippen LogP contribution in [0, 0.1) is 5.92 Å². The quantitative estimate of drug-likeness (QED) is 0.921. The van der Waals surface area contributed by atoms with Gasteiger partial charge in [-0.1, -0.05) is 18.2 Å². The highest BCUT2D eigenvalue weighted by Gasteiger charge is 2.29. The molecule has 0 aromatic heterocycles. The molecule has 3 nitrogen and oxygen atoms in total. The molecule has 0 aliphatic carbocycles. The minimum Gasteiger partial charge on any atom is -0.481 e. The number of hydrogen-bond acceptors (Lipinski definition) is 2. The van der Waals surface area contributed by atoms with E-state index in [2.05, 4.69) is 4.90 Å². The van der Waals surface area contributed by atoms with Crippen LogP contribution in [0.3, 0.4) is 0 Å². The summed E-state index contributed by atoms with van der Waals surface area (Å²) in [6, 6.07) is 6.59. The number of nitrogens with zero attached hydrogens (tertiary/aromatic N) is 1. The van der Waals surface area contributed by atoms with Crippen LogP contribution < -0.4 is 0 Å². The Labute approximate surface area is 117 Å². The van der Waals surface area contributed by atoms with Crippen molar-refractivity contribution in [1.29, 1.82) is 0 Å². The number of aliphatic carboxylic acids is 1. The van der Waals surface area contributed by atoms with Crippen molar-refractivity contribution in [2.45, 2.75) is 38.8 Å². The molecule has 1 N–H and O–H groups in total. The van der Waals surface area contributed by atoms with Crippen molar-refractivity contribution in [3.8, 4) is 0 Å². The Bertz CT molecular complexity index is 479. The lowest BCUT2D eigenvalue weighted by Crippen LogP contribution is -2.42. The number of piperidine rings is 1. The first-order valence-electron chi connectivity index (χ1n) is 6.81. The molecular weight excluding hydrogens is 264 g/mol. The van der Waals surface area contributed by atoms with Crippen molar-refractivity contribution >= 4 is 5.97 Å². The van der Waals surface area contributed by atoms with Crippen molar-refractivity contribution in [2.24, 2.45) is 5.92 Å². The Morgan fingerprint density at radius 2 is 2.25 bits per heavy atom. The molecule has 5 heteroatoms. The summed E-state index contributed by atoms with van der Waals surface area (Å²) in [5.74, 6) is -1.02. The Hall–Kier alpha value is -1.49. The van der Waals surface area contributed by atoms with Crippen LogP contribution in [0.2, 0.25) is 0 Å². The largest absolute Gasteiger partial charge is 0.481 e. The molecule has 1 aliphatic rings. The Kier molecular flexibility index (Phi) is 4.70. The highest BCUT2D eigenvalue weighted by molar-refractivity contribution is 5.70. The zero-order valence-corrected chi connectivity index (χ0v) is 11.4. The number of carboxylic acids is 1. The molecule has 0 spiro atoms. The summed E-state index contributed by atoms with van der Waals surface area (Å²) in [6.45, 7) is 3.27. The second kappa shape index (κ2) is 6.31. The minimum atomic E-state index is -2.45. The van der Waals surface area contributed by atoms with Crippen LogP contribution in [-0.2, 0) is 11.3 Å². The average Bonchev–Trinajstić information content (AvgIpc) is 2.41. The van der Waals surface area contributed by atoms with Gasteiger partial charge in [-0.3, -0.25) is 9.69 Å². The topological polar surface area (TPSA) is 40.5 Å². The molecule has 1 aromatic carbocycles. The highest BCUT2D eigenvalue weighted by atomic mass is 19.3. The molecule has 1 aliphatic heterocycles. The smallest absolute Gasteiger partial charge is 0.306 e. The van der Waals surface area contributed by atoms with Gasteiger partial charge in [0.1, 0.15) is 0 Å². The molecule has 1 fully saturated rings. The third-order valence-corrected chi connectivity index (χ3v) is 3.95. The number of halogens is 2. The van der Waals surface area contributed by atoms with Crippen molar-refractivity contribution < 1.29 is 18.7 Å². The molecule has 110 valence electrons. The monoisotopic (exact) mass is 283 g/mol. The van der Waals surface area contributed by atoms with Crippen LogP contribution in [0.4, 0.5) is 8.78 Å². The summed E-state index contributed by atoms with van der Waals surface area (Å²) in [4.78, 5) is 13.1. The molecule has 0 saturated carbocycles. The van der Waals surface area contributed by atoms with Gasteiger partial charge in [-0.15, -0.1) is 0 Å². The molecule has 2 unspecified atom stereocenters. The first-order chi connectivity index (χ1) is 9.47. The molecule has 0 amide bonds. The van der Waals surface area contributed by atoms with E-state index in [1.54, 1.807) is 6.07 Å². The number of carbonyl (C=O) groups is 1. The fourth-order valence-corrected chi connectivity index (χ4v) is 2.74. The summed E-state index contributed by atoms with van der Waals surface area (Å²) >= 11 is 0. The van der Waals surface area contributed by atoms with E-state index in [9.17, 15) is 13.6 Å². The van der Waals surface area contributed by atoms with E-state index in [0.717, 1.165) is 5.56 Å². The maximum Gasteiger partial charge on any atom is 0.306 e. The maximum absolute atomic E-state index is 12.7.